The largest absolute Gasteiger partial charge is 0.481 e. The van der Waals surface area contributed by atoms with Crippen molar-refractivity contribution in [3.63, 3.8) is 0 Å². The first-order valence-electron chi connectivity index (χ1n) is 8.48. The number of hydrogen-bond donors (Lipinski definition) is 1. The van der Waals surface area contributed by atoms with Crippen LogP contribution in [0.3, 0.4) is 0 Å². The third-order valence-corrected chi connectivity index (χ3v) is 4.20. The van der Waals surface area contributed by atoms with Crippen LogP contribution >= 0.6 is 0 Å². The van der Waals surface area contributed by atoms with Gasteiger partial charge in [0, 0.05) is 11.6 Å². The molecule has 1 aromatic heterocycles. The van der Waals surface area contributed by atoms with Crippen molar-refractivity contribution in [1.82, 2.24) is 15.3 Å². The van der Waals surface area contributed by atoms with E-state index in [4.69, 9.17) is 4.74 Å². The molecule has 1 amide bonds. The fourth-order valence-electron chi connectivity index (χ4n) is 2.60. The molecule has 1 atom stereocenters. The molecule has 3 aromatic rings. The summed E-state index contributed by atoms with van der Waals surface area (Å²) in [7, 11) is 0. The summed E-state index contributed by atoms with van der Waals surface area (Å²) in [5, 5.41) is 2.95. The summed E-state index contributed by atoms with van der Waals surface area (Å²) < 4.78 is 5.72. The van der Waals surface area contributed by atoms with Crippen LogP contribution in [0.25, 0.3) is 22.3 Å². The molecular formula is C20H19N3O2. The van der Waals surface area contributed by atoms with E-state index in [1.807, 2.05) is 48.5 Å². The Labute approximate surface area is 146 Å². The summed E-state index contributed by atoms with van der Waals surface area (Å²) in [4.78, 5) is 21.0. The first-order chi connectivity index (χ1) is 12.2. The van der Waals surface area contributed by atoms with Crippen molar-refractivity contribution in [1.29, 1.82) is 0 Å². The van der Waals surface area contributed by atoms with Gasteiger partial charge in [0.25, 0.3) is 5.91 Å². The van der Waals surface area contributed by atoms with Crippen molar-refractivity contribution in [2.75, 3.05) is 0 Å². The van der Waals surface area contributed by atoms with E-state index in [1.165, 1.54) is 0 Å². The second-order valence-corrected chi connectivity index (χ2v) is 6.31. The standard InChI is InChI=1S/C20H19N3O2/c1-13(20(24)22-15-8-9-15)25-16-10-6-14(7-11-16)19-12-21-17-4-2-3-5-18(17)23-19/h2-7,10-13,15H,8-9H2,1H3,(H,22,24)/t13-/m1/s1. The maximum Gasteiger partial charge on any atom is 0.260 e. The fraction of sp³-hybridized carbons (Fsp3) is 0.250. The molecule has 5 nitrogen and oxygen atoms in total. The number of carbonyl (C=O) groups is 1. The van der Waals surface area contributed by atoms with E-state index in [0.29, 0.717) is 11.8 Å². The predicted octanol–water partition coefficient (Wildman–Crippen LogP) is 3.34. The minimum Gasteiger partial charge on any atom is -0.481 e. The Kier molecular flexibility index (Phi) is 4.06. The number of nitrogens with one attached hydrogen (secondary N) is 1. The number of hydrogen-bond acceptors (Lipinski definition) is 4. The Morgan fingerprint density at radius 1 is 1.12 bits per heavy atom. The highest BCUT2D eigenvalue weighted by molar-refractivity contribution is 5.81. The summed E-state index contributed by atoms with van der Waals surface area (Å²) in [6.45, 7) is 1.76. The monoisotopic (exact) mass is 333 g/mol. The first kappa shape index (κ1) is 15.6. The summed E-state index contributed by atoms with van der Waals surface area (Å²) in [6.07, 6.45) is 3.40. The number of rotatable bonds is 5. The molecule has 1 aliphatic carbocycles. The van der Waals surface area contributed by atoms with E-state index in [-0.39, 0.29) is 5.91 Å². The predicted molar refractivity (Wildman–Crippen MR) is 96.2 cm³/mol. The van der Waals surface area contributed by atoms with Crippen LogP contribution in [0.2, 0.25) is 0 Å². The lowest BCUT2D eigenvalue weighted by Gasteiger charge is -2.14. The zero-order valence-corrected chi connectivity index (χ0v) is 14.0. The van der Waals surface area contributed by atoms with Gasteiger partial charge in [-0.3, -0.25) is 9.78 Å². The van der Waals surface area contributed by atoms with Crippen molar-refractivity contribution < 1.29 is 9.53 Å². The number of carbonyl (C=O) groups excluding carboxylic acids is 1. The van der Waals surface area contributed by atoms with Crippen LogP contribution in [0.15, 0.2) is 54.7 Å². The molecule has 0 radical (unpaired) electrons. The number of aromatic nitrogens is 2. The minimum atomic E-state index is -0.507. The lowest BCUT2D eigenvalue weighted by atomic mass is 10.1. The molecule has 1 saturated carbocycles. The molecule has 0 bridgehead atoms. The van der Waals surface area contributed by atoms with Crippen LogP contribution in [-0.4, -0.2) is 28.0 Å². The van der Waals surface area contributed by atoms with Gasteiger partial charge < -0.3 is 10.1 Å². The molecule has 25 heavy (non-hydrogen) atoms. The molecule has 1 aliphatic rings. The van der Waals surface area contributed by atoms with E-state index in [0.717, 1.165) is 35.1 Å². The third kappa shape index (κ3) is 3.60. The first-order valence-corrected chi connectivity index (χ1v) is 8.48. The van der Waals surface area contributed by atoms with Crippen molar-refractivity contribution in [2.24, 2.45) is 0 Å². The topological polar surface area (TPSA) is 64.1 Å². The molecule has 5 heteroatoms. The molecule has 1 heterocycles. The zero-order valence-electron chi connectivity index (χ0n) is 14.0. The molecule has 126 valence electrons. The Bertz CT molecular complexity index is 904. The van der Waals surface area contributed by atoms with Gasteiger partial charge in [-0.05, 0) is 56.2 Å². The lowest BCUT2D eigenvalue weighted by Crippen LogP contribution is -2.37. The van der Waals surface area contributed by atoms with E-state index in [2.05, 4.69) is 15.3 Å². The van der Waals surface area contributed by atoms with Gasteiger partial charge in [0.2, 0.25) is 0 Å². The van der Waals surface area contributed by atoms with Crippen molar-refractivity contribution >= 4 is 16.9 Å². The van der Waals surface area contributed by atoms with Crippen molar-refractivity contribution in [2.45, 2.75) is 31.9 Å². The average molecular weight is 333 g/mol. The number of benzene rings is 2. The quantitative estimate of drug-likeness (QED) is 0.778. The smallest absolute Gasteiger partial charge is 0.260 e. The maximum absolute atomic E-state index is 12.0. The van der Waals surface area contributed by atoms with Gasteiger partial charge in [0.15, 0.2) is 6.10 Å². The zero-order chi connectivity index (χ0) is 17.2. The molecule has 2 aromatic carbocycles. The third-order valence-electron chi connectivity index (χ3n) is 4.20. The van der Waals surface area contributed by atoms with Gasteiger partial charge >= 0.3 is 0 Å². The lowest BCUT2D eigenvalue weighted by molar-refractivity contribution is -0.127. The minimum absolute atomic E-state index is 0.0630. The fourth-order valence-corrected chi connectivity index (χ4v) is 2.60. The highest BCUT2D eigenvalue weighted by atomic mass is 16.5. The Hall–Kier alpha value is -2.95. The van der Waals surface area contributed by atoms with Crippen molar-refractivity contribution in [3.05, 3.63) is 54.7 Å². The summed E-state index contributed by atoms with van der Waals surface area (Å²) >= 11 is 0. The van der Waals surface area contributed by atoms with Crippen LogP contribution < -0.4 is 10.1 Å². The van der Waals surface area contributed by atoms with Gasteiger partial charge in [-0.15, -0.1) is 0 Å². The molecular weight excluding hydrogens is 314 g/mol. The van der Waals surface area contributed by atoms with Crippen molar-refractivity contribution in [3.8, 4) is 17.0 Å². The maximum atomic E-state index is 12.0. The van der Waals surface area contributed by atoms with Gasteiger partial charge in [0.1, 0.15) is 5.75 Å². The van der Waals surface area contributed by atoms with E-state index in [1.54, 1.807) is 13.1 Å². The highest BCUT2D eigenvalue weighted by Crippen LogP contribution is 2.23. The Morgan fingerprint density at radius 3 is 2.56 bits per heavy atom. The Morgan fingerprint density at radius 2 is 1.84 bits per heavy atom. The summed E-state index contributed by atoms with van der Waals surface area (Å²) in [5.41, 5.74) is 3.51. The number of para-hydroxylation sites is 2. The number of nitrogens with zero attached hydrogens (tertiary/aromatic N) is 2. The van der Waals surface area contributed by atoms with Crippen LogP contribution in [-0.2, 0) is 4.79 Å². The van der Waals surface area contributed by atoms with E-state index >= 15 is 0 Å². The average Bonchev–Trinajstić information content (AvgIpc) is 3.46. The van der Waals surface area contributed by atoms with Crippen LogP contribution in [0.5, 0.6) is 5.75 Å². The molecule has 4 rings (SSSR count). The summed E-state index contributed by atoms with van der Waals surface area (Å²) in [5.74, 6) is 0.600. The van der Waals surface area contributed by atoms with Gasteiger partial charge in [-0.1, -0.05) is 12.1 Å². The van der Waals surface area contributed by atoms with Gasteiger partial charge in [-0.25, -0.2) is 4.98 Å². The molecule has 0 unspecified atom stereocenters. The second kappa shape index (κ2) is 6.51. The molecule has 0 aliphatic heterocycles. The van der Waals surface area contributed by atoms with Crippen LogP contribution in [0.1, 0.15) is 19.8 Å². The van der Waals surface area contributed by atoms with Gasteiger partial charge in [-0.2, -0.15) is 0 Å². The molecule has 0 spiro atoms. The molecule has 1 N–H and O–H groups in total. The number of ether oxygens (including phenoxy) is 1. The van der Waals surface area contributed by atoms with Crippen LogP contribution in [0, 0.1) is 0 Å². The normalized spacial score (nSPS) is 14.9. The number of amides is 1. The highest BCUT2D eigenvalue weighted by Gasteiger charge is 2.26. The van der Waals surface area contributed by atoms with Gasteiger partial charge in [0.05, 0.1) is 22.9 Å². The van der Waals surface area contributed by atoms with E-state index in [9.17, 15) is 4.79 Å². The van der Waals surface area contributed by atoms with Crippen LogP contribution in [0.4, 0.5) is 0 Å². The van der Waals surface area contributed by atoms with E-state index < -0.39 is 6.10 Å². The molecule has 1 fully saturated rings. The number of fused-ring (bicyclic) bond motifs is 1. The summed E-state index contributed by atoms with van der Waals surface area (Å²) in [6, 6.07) is 15.7. The molecule has 0 saturated heterocycles. The second-order valence-electron chi connectivity index (χ2n) is 6.31. The SMILES string of the molecule is C[C@@H](Oc1ccc(-c2cnc3ccccc3n2)cc1)C(=O)NC1CC1. The Balaban J connectivity index is 1.47.